The molecule has 0 fully saturated rings. The Hall–Kier alpha value is -0.440. The van der Waals surface area contributed by atoms with E-state index < -0.39 is 0 Å². The standard InChI is InChI=1S/C12H20N2S/c1-3-15-9-8-14-10(2)13-11-6-4-5-7-12(11)14/h3-9H2,1-2H3. The summed E-state index contributed by atoms with van der Waals surface area (Å²) in [5.74, 6) is 3.66. The van der Waals surface area contributed by atoms with Crippen LogP contribution >= 0.6 is 11.8 Å². The van der Waals surface area contributed by atoms with Gasteiger partial charge in [-0.1, -0.05) is 6.92 Å². The summed E-state index contributed by atoms with van der Waals surface area (Å²) in [7, 11) is 0. The Labute approximate surface area is 96.5 Å². The molecule has 0 amide bonds. The van der Waals surface area contributed by atoms with Crippen molar-refractivity contribution in [2.45, 2.75) is 46.1 Å². The molecule has 1 aliphatic rings. The van der Waals surface area contributed by atoms with E-state index in [1.165, 1.54) is 54.4 Å². The Morgan fingerprint density at radius 2 is 2.13 bits per heavy atom. The van der Waals surface area contributed by atoms with Gasteiger partial charge in [0.15, 0.2) is 0 Å². The van der Waals surface area contributed by atoms with Gasteiger partial charge < -0.3 is 4.57 Å². The van der Waals surface area contributed by atoms with Crippen LogP contribution in [0.5, 0.6) is 0 Å². The summed E-state index contributed by atoms with van der Waals surface area (Å²) in [5.41, 5.74) is 2.90. The summed E-state index contributed by atoms with van der Waals surface area (Å²) in [6.45, 7) is 5.52. The lowest BCUT2D eigenvalue weighted by Crippen LogP contribution is -2.10. The average molecular weight is 224 g/mol. The lowest BCUT2D eigenvalue weighted by Gasteiger charge is -2.14. The van der Waals surface area contributed by atoms with Crippen LogP contribution in [0.25, 0.3) is 0 Å². The number of imidazole rings is 1. The van der Waals surface area contributed by atoms with E-state index in [4.69, 9.17) is 0 Å². The van der Waals surface area contributed by atoms with Gasteiger partial charge in [-0.25, -0.2) is 4.98 Å². The minimum absolute atomic E-state index is 1.15. The Morgan fingerprint density at radius 1 is 1.33 bits per heavy atom. The molecule has 0 radical (unpaired) electrons. The molecule has 0 spiro atoms. The second-order valence-electron chi connectivity index (χ2n) is 4.11. The van der Waals surface area contributed by atoms with Crippen molar-refractivity contribution >= 4 is 11.8 Å². The molecule has 1 aromatic heterocycles. The van der Waals surface area contributed by atoms with Crippen LogP contribution in [0, 0.1) is 6.92 Å². The molecule has 0 saturated heterocycles. The van der Waals surface area contributed by atoms with Crippen molar-refractivity contribution in [1.29, 1.82) is 0 Å². The summed E-state index contributed by atoms with van der Waals surface area (Å²) >= 11 is 2.02. The third kappa shape index (κ3) is 2.39. The first-order valence-electron chi connectivity index (χ1n) is 5.95. The van der Waals surface area contributed by atoms with Gasteiger partial charge in [0.25, 0.3) is 0 Å². The number of fused-ring (bicyclic) bond motifs is 1. The number of aryl methyl sites for hydroxylation is 2. The van der Waals surface area contributed by atoms with Crippen LogP contribution in [0.3, 0.4) is 0 Å². The fraction of sp³-hybridized carbons (Fsp3) is 0.750. The molecule has 0 aliphatic heterocycles. The molecule has 3 heteroatoms. The lowest BCUT2D eigenvalue weighted by atomic mass is 10.0. The fourth-order valence-electron chi connectivity index (χ4n) is 2.33. The van der Waals surface area contributed by atoms with Gasteiger partial charge in [0.1, 0.15) is 5.82 Å². The van der Waals surface area contributed by atoms with Crippen LogP contribution in [0.2, 0.25) is 0 Å². The molecule has 0 aromatic carbocycles. The Morgan fingerprint density at radius 3 is 2.93 bits per heavy atom. The van der Waals surface area contributed by atoms with Gasteiger partial charge in [0, 0.05) is 18.0 Å². The topological polar surface area (TPSA) is 17.8 Å². The maximum Gasteiger partial charge on any atom is 0.106 e. The first-order chi connectivity index (χ1) is 7.33. The lowest BCUT2D eigenvalue weighted by molar-refractivity contribution is 0.617. The largest absolute Gasteiger partial charge is 0.331 e. The number of thioether (sulfide) groups is 1. The molecule has 0 bridgehead atoms. The predicted octanol–water partition coefficient (Wildman–Crippen LogP) is 2.82. The Kier molecular flexibility index (Phi) is 3.73. The molecule has 0 atom stereocenters. The van der Waals surface area contributed by atoms with Gasteiger partial charge in [-0.15, -0.1) is 0 Å². The van der Waals surface area contributed by atoms with Crippen molar-refractivity contribution in [2.75, 3.05) is 11.5 Å². The zero-order chi connectivity index (χ0) is 10.7. The highest BCUT2D eigenvalue weighted by molar-refractivity contribution is 7.99. The van der Waals surface area contributed by atoms with Gasteiger partial charge in [0.05, 0.1) is 5.69 Å². The minimum atomic E-state index is 1.15. The monoisotopic (exact) mass is 224 g/mol. The Balaban J connectivity index is 2.11. The molecular weight excluding hydrogens is 204 g/mol. The van der Waals surface area contributed by atoms with E-state index in [0.717, 1.165) is 6.54 Å². The highest BCUT2D eigenvalue weighted by atomic mass is 32.2. The van der Waals surface area contributed by atoms with Crippen LogP contribution in [-0.4, -0.2) is 21.1 Å². The maximum absolute atomic E-state index is 4.68. The third-order valence-electron chi connectivity index (χ3n) is 3.09. The second-order valence-corrected chi connectivity index (χ2v) is 5.50. The van der Waals surface area contributed by atoms with Crippen molar-refractivity contribution < 1.29 is 0 Å². The van der Waals surface area contributed by atoms with E-state index in [0.29, 0.717) is 0 Å². The molecule has 1 heterocycles. The van der Waals surface area contributed by atoms with Gasteiger partial charge in [0.2, 0.25) is 0 Å². The van der Waals surface area contributed by atoms with Crippen molar-refractivity contribution in [1.82, 2.24) is 9.55 Å². The van der Waals surface area contributed by atoms with Crippen molar-refractivity contribution in [2.24, 2.45) is 0 Å². The Bertz CT molecular complexity index is 331. The van der Waals surface area contributed by atoms with E-state index in [1.54, 1.807) is 0 Å². The van der Waals surface area contributed by atoms with Gasteiger partial charge in [-0.3, -0.25) is 0 Å². The summed E-state index contributed by atoms with van der Waals surface area (Å²) in [4.78, 5) is 4.68. The molecular formula is C12H20N2S. The van der Waals surface area contributed by atoms with E-state index in [-0.39, 0.29) is 0 Å². The summed E-state index contributed by atoms with van der Waals surface area (Å²) in [5, 5.41) is 0. The van der Waals surface area contributed by atoms with Crippen LogP contribution in [0.4, 0.5) is 0 Å². The smallest absolute Gasteiger partial charge is 0.106 e. The first kappa shape index (κ1) is 11.1. The molecule has 0 saturated carbocycles. The number of nitrogens with zero attached hydrogens (tertiary/aromatic N) is 2. The molecule has 0 unspecified atom stereocenters. The van der Waals surface area contributed by atoms with Gasteiger partial charge >= 0.3 is 0 Å². The van der Waals surface area contributed by atoms with Crippen molar-refractivity contribution in [3.63, 3.8) is 0 Å². The average Bonchev–Trinajstić information content (AvgIpc) is 2.56. The van der Waals surface area contributed by atoms with Crippen LogP contribution in [0.1, 0.15) is 37.0 Å². The molecule has 2 rings (SSSR count). The second kappa shape index (κ2) is 5.06. The molecule has 0 N–H and O–H groups in total. The van der Waals surface area contributed by atoms with Crippen molar-refractivity contribution in [3.8, 4) is 0 Å². The number of aromatic nitrogens is 2. The molecule has 84 valence electrons. The first-order valence-corrected chi connectivity index (χ1v) is 7.11. The van der Waals surface area contributed by atoms with E-state index in [2.05, 4.69) is 23.4 Å². The summed E-state index contributed by atoms with van der Waals surface area (Å²) in [6.07, 6.45) is 5.11. The molecule has 15 heavy (non-hydrogen) atoms. The van der Waals surface area contributed by atoms with Crippen LogP contribution in [0.15, 0.2) is 0 Å². The highest BCUT2D eigenvalue weighted by Gasteiger charge is 2.17. The molecule has 2 nitrogen and oxygen atoms in total. The number of hydrogen-bond donors (Lipinski definition) is 0. The maximum atomic E-state index is 4.68. The predicted molar refractivity (Wildman–Crippen MR) is 66.6 cm³/mol. The number of hydrogen-bond acceptors (Lipinski definition) is 2. The van der Waals surface area contributed by atoms with E-state index in [9.17, 15) is 0 Å². The van der Waals surface area contributed by atoms with Gasteiger partial charge in [-0.2, -0.15) is 11.8 Å². The normalized spacial score (nSPS) is 15.3. The zero-order valence-electron chi connectivity index (χ0n) is 9.75. The number of rotatable bonds is 4. The van der Waals surface area contributed by atoms with Crippen molar-refractivity contribution in [3.05, 3.63) is 17.2 Å². The third-order valence-corrected chi connectivity index (χ3v) is 3.97. The summed E-state index contributed by atoms with van der Waals surface area (Å²) in [6, 6.07) is 0. The quantitative estimate of drug-likeness (QED) is 0.732. The summed E-state index contributed by atoms with van der Waals surface area (Å²) < 4.78 is 2.44. The van der Waals surface area contributed by atoms with E-state index >= 15 is 0 Å². The SMILES string of the molecule is CCSCCn1c(C)nc2c1CCCC2. The van der Waals surface area contributed by atoms with E-state index in [1.807, 2.05) is 11.8 Å². The minimum Gasteiger partial charge on any atom is -0.331 e. The highest BCUT2D eigenvalue weighted by Crippen LogP contribution is 2.22. The molecule has 1 aromatic rings. The molecule has 1 aliphatic carbocycles. The fourth-order valence-corrected chi connectivity index (χ4v) is 2.93. The van der Waals surface area contributed by atoms with Gasteiger partial charge in [-0.05, 0) is 38.4 Å². The van der Waals surface area contributed by atoms with Crippen LogP contribution < -0.4 is 0 Å². The zero-order valence-corrected chi connectivity index (χ0v) is 10.6. The van der Waals surface area contributed by atoms with Crippen LogP contribution in [-0.2, 0) is 19.4 Å².